The standard InChI is InChI=1S/C16H23N3O2.C2H6/c1-12-6-4-7-13(10-17)14(12)11-19(3)15(8-5-9-20)16(21)18-2;1-2/h4,6-7,9-10,15,17H,5,8,11H2,1-3H3,(H,18,21);1-2H3. The maximum absolute atomic E-state index is 12.0. The molecule has 23 heavy (non-hydrogen) atoms. The maximum atomic E-state index is 12.0. The number of rotatable bonds is 8. The van der Waals surface area contributed by atoms with Gasteiger partial charge < -0.3 is 15.5 Å². The molecule has 2 N–H and O–H groups in total. The topological polar surface area (TPSA) is 73.3 Å². The smallest absolute Gasteiger partial charge is 0.237 e. The Balaban J connectivity index is 0.00000232. The van der Waals surface area contributed by atoms with Crippen LogP contribution < -0.4 is 5.32 Å². The Morgan fingerprint density at radius 3 is 2.57 bits per heavy atom. The van der Waals surface area contributed by atoms with Crippen molar-refractivity contribution in [2.45, 2.75) is 46.2 Å². The number of nitrogens with zero attached hydrogens (tertiary/aromatic N) is 1. The van der Waals surface area contributed by atoms with E-state index < -0.39 is 0 Å². The van der Waals surface area contributed by atoms with Crippen LogP contribution in [0.2, 0.25) is 0 Å². The van der Waals surface area contributed by atoms with Crippen LogP contribution in [0.5, 0.6) is 0 Å². The SMILES string of the molecule is CC.CNC(=O)C(CCC=O)N(C)Cc1c(C)cccc1C=N. The third-order valence-corrected chi connectivity index (χ3v) is 3.65. The van der Waals surface area contributed by atoms with Crippen LogP contribution in [0.1, 0.15) is 43.4 Å². The summed E-state index contributed by atoms with van der Waals surface area (Å²) in [5.41, 5.74) is 2.98. The molecular weight excluding hydrogens is 290 g/mol. The van der Waals surface area contributed by atoms with Gasteiger partial charge in [0, 0.05) is 26.2 Å². The van der Waals surface area contributed by atoms with Crippen molar-refractivity contribution >= 4 is 18.4 Å². The van der Waals surface area contributed by atoms with E-state index >= 15 is 0 Å². The second kappa shape index (κ2) is 11.5. The Morgan fingerprint density at radius 1 is 1.39 bits per heavy atom. The molecule has 1 unspecified atom stereocenters. The van der Waals surface area contributed by atoms with Gasteiger partial charge in [-0.05, 0) is 37.1 Å². The van der Waals surface area contributed by atoms with E-state index in [0.717, 1.165) is 23.0 Å². The van der Waals surface area contributed by atoms with Gasteiger partial charge in [0.25, 0.3) is 0 Å². The maximum Gasteiger partial charge on any atom is 0.237 e. The number of carbonyl (C=O) groups is 2. The van der Waals surface area contributed by atoms with Gasteiger partial charge in [0.05, 0.1) is 6.04 Å². The molecule has 0 saturated carbocycles. The van der Waals surface area contributed by atoms with E-state index in [9.17, 15) is 9.59 Å². The number of carbonyl (C=O) groups excluding carboxylic acids is 2. The normalized spacial score (nSPS) is 11.2. The van der Waals surface area contributed by atoms with Gasteiger partial charge in [0.2, 0.25) is 5.91 Å². The lowest BCUT2D eigenvalue weighted by molar-refractivity contribution is -0.126. The fraction of sp³-hybridized carbons (Fsp3) is 0.500. The van der Waals surface area contributed by atoms with Gasteiger partial charge in [-0.15, -0.1) is 0 Å². The highest BCUT2D eigenvalue weighted by Gasteiger charge is 2.22. The second-order valence-electron chi connectivity index (χ2n) is 5.08. The van der Waals surface area contributed by atoms with E-state index in [-0.39, 0.29) is 11.9 Å². The largest absolute Gasteiger partial charge is 0.358 e. The number of aryl methyl sites for hydroxylation is 1. The molecule has 128 valence electrons. The van der Waals surface area contributed by atoms with E-state index in [1.165, 1.54) is 6.21 Å². The lowest BCUT2D eigenvalue weighted by atomic mass is 10.0. The molecule has 1 atom stereocenters. The number of hydrogen-bond donors (Lipinski definition) is 2. The first-order valence-electron chi connectivity index (χ1n) is 7.99. The predicted octanol–water partition coefficient (Wildman–Crippen LogP) is 2.54. The molecule has 1 aromatic rings. The van der Waals surface area contributed by atoms with Crippen molar-refractivity contribution in [2.75, 3.05) is 14.1 Å². The van der Waals surface area contributed by atoms with Gasteiger partial charge in [-0.1, -0.05) is 32.0 Å². The summed E-state index contributed by atoms with van der Waals surface area (Å²) in [6, 6.07) is 5.46. The predicted molar refractivity (Wildman–Crippen MR) is 95.0 cm³/mol. The molecular formula is C18H29N3O2. The summed E-state index contributed by atoms with van der Waals surface area (Å²) >= 11 is 0. The summed E-state index contributed by atoms with van der Waals surface area (Å²) in [5, 5.41) is 10.1. The summed E-state index contributed by atoms with van der Waals surface area (Å²) in [7, 11) is 3.46. The molecule has 0 saturated heterocycles. The average Bonchev–Trinajstić information content (AvgIpc) is 2.58. The Bertz CT molecular complexity index is 515. The van der Waals surface area contributed by atoms with Crippen LogP contribution in [0.3, 0.4) is 0 Å². The molecule has 1 aromatic carbocycles. The zero-order chi connectivity index (χ0) is 17.8. The Morgan fingerprint density at radius 2 is 2.04 bits per heavy atom. The number of aldehydes is 1. The summed E-state index contributed by atoms with van der Waals surface area (Å²) in [5.74, 6) is -0.0932. The summed E-state index contributed by atoms with van der Waals surface area (Å²) in [4.78, 5) is 24.5. The van der Waals surface area contributed by atoms with Crippen LogP contribution >= 0.6 is 0 Å². The second-order valence-corrected chi connectivity index (χ2v) is 5.08. The van der Waals surface area contributed by atoms with E-state index in [1.54, 1.807) is 7.05 Å². The molecule has 0 spiro atoms. The Kier molecular flexibility index (Phi) is 10.5. The van der Waals surface area contributed by atoms with Gasteiger partial charge in [-0.3, -0.25) is 9.69 Å². The minimum Gasteiger partial charge on any atom is -0.358 e. The van der Waals surface area contributed by atoms with Crippen LogP contribution in [0, 0.1) is 12.3 Å². The highest BCUT2D eigenvalue weighted by atomic mass is 16.2. The van der Waals surface area contributed by atoms with Crippen LogP contribution in [0.4, 0.5) is 0 Å². The van der Waals surface area contributed by atoms with Gasteiger partial charge in [-0.25, -0.2) is 0 Å². The van der Waals surface area contributed by atoms with E-state index in [0.29, 0.717) is 19.4 Å². The van der Waals surface area contributed by atoms with Crippen molar-refractivity contribution in [1.29, 1.82) is 5.41 Å². The average molecular weight is 319 g/mol. The van der Waals surface area contributed by atoms with Crippen LogP contribution in [-0.4, -0.2) is 43.4 Å². The molecule has 5 heteroatoms. The fourth-order valence-corrected chi connectivity index (χ4v) is 2.38. The van der Waals surface area contributed by atoms with Gasteiger partial charge in [-0.2, -0.15) is 0 Å². The number of benzene rings is 1. The van der Waals surface area contributed by atoms with Crippen molar-refractivity contribution in [3.63, 3.8) is 0 Å². The van der Waals surface area contributed by atoms with Gasteiger partial charge in [0.1, 0.15) is 6.29 Å². The van der Waals surface area contributed by atoms with Crippen molar-refractivity contribution < 1.29 is 9.59 Å². The summed E-state index contributed by atoms with van der Waals surface area (Å²) < 4.78 is 0. The quantitative estimate of drug-likeness (QED) is 0.571. The molecule has 1 amide bonds. The van der Waals surface area contributed by atoms with E-state index in [1.807, 2.05) is 50.9 Å². The first-order chi connectivity index (χ1) is 11.0. The first kappa shape index (κ1) is 21.0. The lowest BCUT2D eigenvalue weighted by Crippen LogP contribution is -2.43. The Hall–Kier alpha value is -2.01. The number of likely N-dealkylation sites (N-methyl/N-ethyl adjacent to an activating group) is 2. The molecule has 0 fully saturated rings. The van der Waals surface area contributed by atoms with Crippen molar-refractivity contribution in [3.05, 3.63) is 34.9 Å². The molecule has 0 bridgehead atoms. The molecule has 0 radical (unpaired) electrons. The molecule has 0 aliphatic heterocycles. The van der Waals surface area contributed by atoms with E-state index in [2.05, 4.69) is 5.32 Å². The first-order valence-corrected chi connectivity index (χ1v) is 7.99. The molecule has 0 heterocycles. The van der Waals surface area contributed by atoms with Gasteiger partial charge in [0.15, 0.2) is 0 Å². The molecule has 5 nitrogen and oxygen atoms in total. The van der Waals surface area contributed by atoms with Crippen molar-refractivity contribution in [2.24, 2.45) is 0 Å². The molecule has 1 rings (SSSR count). The molecule has 0 aromatic heterocycles. The summed E-state index contributed by atoms with van der Waals surface area (Å²) in [6.45, 7) is 6.56. The zero-order valence-corrected chi connectivity index (χ0v) is 14.8. The van der Waals surface area contributed by atoms with E-state index in [4.69, 9.17) is 5.41 Å². The molecule has 0 aliphatic carbocycles. The van der Waals surface area contributed by atoms with Crippen LogP contribution in [0.25, 0.3) is 0 Å². The van der Waals surface area contributed by atoms with Crippen molar-refractivity contribution in [1.82, 2.24) is 10.2 Å². The fourth-order valence-electron chi connectivity index (χ4n) is 2.38. The monoisotopic (exact) mass is 319 g/mol. The van der Waals surface area contributed by atoms with Crippen molar-refractivity contribution in [3.8, 4) is 0 Å². The highest BCUT2D eigenvalue weighted by molar-refractivity contribution is 5.82. The number of hydrogen-bond acceptors (Lipinski definition) is 4. The number of amides is 1. The zero-order valence-electron chi connectivity index (χ0n) is 14.8. The number of nitrogens with one attached hydrogen (secondary N) is 2. The highest BCUT2D eigenvalue weighted by Crippen LogP contribution is 2.17. The lowest BCUT2D eigenvalue weighted by Gasteiger charge is -2.27. The van der Waals surface area contributed by atoms with Gasteiger partial charge >= 0.3 is 0 Å². The minimum atomic E-state index is -0.349. The summed E-state index contributed by atoms with van der Waals surface area (Å²) in [6.07, 6.45) is 3.01. The van der Waals surface area contributed by atoms with Crippen LogP contribution in [-0.2, 0) is 16.1 Å². The third-order valence-electron chi connectivity index (χ3n) is 3.65. The Labute approximate surface area is 139 Å². The molecule has 0 aliphatic rings. The minimum absolute atomic E-state index is 0.0932. The third kappa shape index (κ3) is 6.32. The van der Waals surface area contributed by atoms with Crippen LogP contribution in [0.15, 0.2) is 18.2 Å².